The summed E-state index contributed by atoms with van der Waals surface area (Å²) in [4.78, 5) is 12.1. The number of ether oxygens (including phenoxy) is 1. The van der Waals surface area contributed by atoms with Gasteiger partial charge in [0.15, 0.2) is 0 Å². The fourth-order valence-electron chi connectivity index (χ4n) is 2.12. The van der Waals surface area contributed by atoms with Crippen LogP contribution in [0.4, 0.5) is 5.13 Å². The Morgan fingerprint density at radius 1 is 1.43 bits per heavy atom. The Morgan fingerprint density at radius 3 is 3.10 bits per heavy atom. The van der Waals surface area contributed by atoms with Gasteiger partial charge in [-0.25, -0.2) is 0 Å². The molecule has 3 rings (SSSR count). The molecule has 2 aromatic heterocycles. The molecule has 0 unspecified atom stereocenters. The minimum absolute atomic E-state index is 0.182. The van der Waals surface area contributed by atoms with Crippen LogP contribution in [0.15, 0.2) is 36.0 Å². The molecule has 1 N–H and O–H groups in total. The SMILES string of the molecule is COCCn1ccc2cc(C(=O)Nc3nncs3)ccc21. The van der Waals surface area contributed by atoms with Crippen molar-refractivity contribution in [3.8, 4) is 0 Å². The Labute approximate surface area is 125 Å². The van der Waals surface area contributed by atoms with Crippen LogP contribution < -0.4 is 5.32 Å². The molecule has 0 aliphatic rings. The number of anilines is 1. The molecule has 0 saturated heterocycles. The second-order valence-corrected chi connectivity index (χ2v) is 5.31. The van der Waals surface area contributed by atoms with Crippen LogP contribution in [0.1, 0.15) is 10.4 Å². The molecule has 7 heteroatoms. The summed E-state index contributed by atoms with van der Waals surface area (Å²) in [6, 6.07) is 7.61. The van der Waals surface area contributed by atoms with Crippen molar-refractivity contribution in [3.63, 3.8) is 0 Å². The average molecular weight is 302 g/mol. The molecule has 0 aliphatic heterocycles. The molecule has 108 valence electrons. The van der Waals surface area contributed by atoms with E-state index in [2.05, 4.69) is 20.1 Å². The number of methoxy groups -OCH3 is 1. The zero-order valence-electron chi connectivity index (χ0n) is 11.4. The van der Waals surface area contributed by atoms with E-state index in [0.717, 1.165) is 17.4 Å². The van der Waals surface area contributed by atoms with Crippen molar-refractivity contribution in [2.45, 2.75) is 6.54 Å². The van der Waals surface area contributed by atoms with Crippen molar-refractivity contribution in [2.24, 2.45) is 0 Å². The molecule has 0 fully saturated rings. The van der Waals surface area contributed by atoms with Crippen molar-refractivity contribution in [3.05, 3.63) is 41.5 Å². The first-order valence-corrected chi connectivity index (χ1v) is 7.31. The van der Waals surface area contributed by atoms with Crippen molar-refractivity contribution >= 4 is 33.3 Å². The van der Waals surface area contributed by atoms with Crippen molar-refractivity contribution < 1.29 is 9.53 Å². The highest BCUT2D eigenvalue weighted by atomic mass is 32.1. The van der Waals surface area contributed by atoms with Gasteiger partial charge in [-0.1, -0.05) is 11.3 Å². The monoisotopic (exact) mass is 302 g/mol. The van der Waals surface area contributed by atoms with Crippen LogP contribution in [0.3, 0.4) is 0 Å². The van der Waals surface area contributed by atoms with Crippen LogP contribution in [0.2, 0.25) is 0 Å². The first-order valence-electron chi connectivity index (χ1n) is 6.43. The summed E-state index contributed by atoms with van der Waals surface area (Å²) in [7, 11) is 1.68. The topological polar surface area (TPSA) is 69.0 Å². The van der Waals surface area contributed by atoms with Gasteiger partial charge in [0.2, 0.25) is 5.13 Å². The number of hydrogen-bond acceptors (Lipinski definition) is 5. The number of carbonyl (C=O) groups is 1. The smallest absolute Gasteiger partial charge is 0.257 e. The van der Waals surface area contributed by atoms with Gasteiger partial charge in [-0.3, -0.25) is 10.1 Å². The highest BCUT2D eigenvalue weighted by Crippen LogP contribution is 2.19. The molecule has 21 heavy (non-hydrogen) atoms. The highest BCUT2D eigenvalue weighted by Gasteiger charge is 2.10. The van der Waals surface area contributed by atoms with Gasteiger partial charge in [0.05, 0.1) is 6.61 Å². The van der Waals surface area contributed by atoms with E-state index in [4.69, 9.17) is 4.74 Å². The minimum Gasteiger partial charge on any atom is -0.383 e. The molecule has 0 radical (unpaired) electrons. The lowest BCUT2D eigenvalue weighted by Gasteiger charge is -2.05. The van der Waals surface area contributed by atoms with Gasteiger partial charge < -0.3 is 9.30 Å². The molecule has 0 spiro atoms. The number of aromatic nitrogens is 3. The van der Waals surface area contributed by atoms with Gasteiger partial charge in [-0.15, -0.1) is 10.2 Å². The lowest BCUT2D eigenvalue weighted by Crippen LogP contribution is -2.11. The lowest BCUT2D eigenvalue weighted by atomic mass is 10.1. The Balaban J connectivity index is 1.82. The molecule has 1 aromatic carbocycles. The summed E-state index contributed by atoms with van der Waals surface area (Å²) < 4.78 is 7.19. The molecular weight excluding hydrogens is 288 g/mol. The van der Waals surface area contributed by atoms with Crippen LogP contribution in [0.5, 0.6) is 0 Å². The van der Waals surface area contributed by atoms with E-state index < -0.39 is 0 Å². The quantitative estimate of drug-likeness (QED) is 0.785. The highest BCUT2D eigenvalue weighted by molar-refractivity contribution is 7.13. The average Bonchev–Trinajstić information content (AvgIpc) is 3.14. The number of nitrogens with one attached hydrogen (secondary N) is 1. The van der Waals surface area contributed by atoms with Gasteiger partial charge in [-0.05, 0) is 24.3 Å². The van der Waals surface area contributed by atoms with Crippen LogP contribution in [-0.2, 0) is 11.3 Å². The van der Waals surface area contributed by atoms with Crippen LogP contribution in [0.25, 0.3) is 10.9 Å². The molecule has 3 aromatic rings. The van der Waals surface area contributed by atoms with Crippen LogP contribution in [-0.4, -0.2) is 34.4 Å². The van der Waals surface area contributed by atoms with Crippen molar-refractivity contribution in [1.82, 2.24) is 14.8 Å². The fourth-order valence-corrected chi connectivity index (χ4v) is 2.56. The van der Waals surface area contributed by atoms with E-state index in [0.29, 0.717) is 17.3 Å². The maximum atomic E-state index is 12.1. The number of amides is 1. The van der Waals surface area contributed by atoms with Crippen LogP contribution in [0, 0.1) is 0 Å². The minimum atomic E-state index is -0.182. The molecule has 2 heterocycles. The van der Waals surface area contributed by atoms with E-state index in [-0.39, 0.29) is 5.91 Å². The molecule has 0 bridgehead atoms. The Kier molecular flexibility index (Phi) is 3.94. The zero-order chi connectivity index (χ0) is 14.7. The lowest BCUT2D eigenvalue weighted by molar-refractivity contribution is 0.102. The summed E-state index contributed by atoms with van der Waals surface area (Å²) >= 11 is 1.29. The molecule has 6 nitrogen and oxygen atoms in total. The summed E-state index contributed by atoms with van der Waals surface area (Å²) in [5.74, 6) is -0.182. The predicted molar refractivity (Wildman–Crippen MR) is 81.7 cm³/mol. The van der Waals surface area contributed by atoms with Crippen molar-refractivity contribution in [2.75, 3.05) is 19.0 Å². The van der Waals surface area contributed by atoms with Crippen LogP contribution >= 0.6 is 11.3 Å². The maximum absolute atomic E-state index is 12.1. The number of benzene rings is 1. The first kappa shape index (κ1) is 13.7. The number of hydrogen-bond donors (Lipinski definition) is 1. The normalized spacial score (nSPS) is 10.9. The Morgan fingerprint density at radius 2 is 2.33 bits per heavy atom. The molecule has 0 saturated carbocycles. The third-order valence-electron chi connectivity index (χ3n) is 3.15. The van der Waals surface area contributed by atoms with E-state index in [1.807, 2.05) is 30.5 Å². The third kappa shape index (κ3) is 2.93. The molecule has 1 amide bonds. The largest absolute Gasteiger partial charge is 0.383 e. The van der Waals surface area contributed by atoms with E-state index in [1.54, 1.807) is 12.6 Å². The summed E-state index contributed by atoms with van der Waals surface area (Å²) in [5.41, 5.74) is 3.26. The zero-order valence-corrected chi connectivity index (χ0v) is 12.3. The maximum Gasteiger partial charge on any atom is 0.257 e. The fraction of sp³-hybridized carbons (Fsp3) is 0.214. The van der Waals surface area contributed by atoms with Gasteiger partial charge in [0.25, 0.3) is 5.91 Å². The van der Waals surface area contributed by atoms with Gasteiger partial charge >= 0.3 is 0 Å². The number of rotatable bonds is 5. The standard InChI is InChI=1S/C14H14N4O2S/c1-20-7-6-18-5-4-10-8-11(2-3-12(10)18)13(19)16-14-17-15-9-21-14/h2-5,8-9H,6-7H2,1H3,(H,16,17,19). The number of nitrogens with zero attached hydrogens (tertiary/aromatic N) is 3. The second-order valence-electron chi connectivity index (χ2n) is 4.47. The summed E-state index contributed by atoms with van der Waals surface area (Å²) in [5, 5.41) is 11.7. The predicted octanol–water partition coefficient (Wildman–Crippen LogP) is 2.39. The van der Waals surface area contributed by atoms with E-state index in [9.17, 15) is 4.79 Å². The summed E-state index contributed by atoms with van der Waals surface area (Å²) in [6.07, 6.45) is 2.00. The molecule has 0 atom stereocenters. The molecular formula is C14H14N4O2S. The van der Waals surface area contributed by atoms with Gasteiger partial charge in [0, 0.05) is 36.3 Å². The Bertz CT molecular complexity index is 752. The summed E-state index contributed by atoms with van der Waals surface area (Å²) in [6.45, 7) is 1.44. The number of carbonyl (C=O) groups excluding carboxylic acids is 1. The van der Waals surface area contributed by atoms with E-state index in [1.165, 1.54) is 11.3 Å². The number of fused-ring (bicyclic) bond motifs is 1. The van der Waals surface area contributed by atoms with Crippen molar-refractivity contribution in [1.29, 1.82) is 0 Å². The Hall–Kier alpha value is -2.25. The van der Waals surface area contributed by atoms with Gasteiger partial charge in [0.1, 0.15) is 5.51 Å². The molecule has 0 aliphatic carbocycles. The first-order chi connectivity index (χ1) is 10.3. The second kappa shape index (κ2) is 6.02. The third-order valence-corrected chi connectivity index (χ3v) is 3.76. The van der Waals surface area contributed by atoms with E-state index >= 15 is 0 Å². The van der Waals surface area contributed by atoms with Gasteiger partial charge in [-0.2, -0.15) is 0 Å².